The molecule has 0 aliphatic heterocycles. The van der Waals surface area contributed by atoms with Crippen LogP contribution in [0.4, 0.5) is 17.6 Å². The van der Waals surface area contributed by atoms with Crippen molar-refractivity contribution in [1.29, 1.82) is 0 Å². The van der Waals surface area contributed by atoms with Crippen molar-refractivity contribution in [3.05, 3.63) is 51.5 Å². The maximum absolute atomic E-state index is 14.1. The fraction of sp³-hybridized carbons (Fsp3) is 0.353. The second-order valence-electron chi connectivity index (χ2n) is 6.34. The minimum absolute atomic E-state index is 0.00397. The van der Waals surface area contributed by atoms with Crippen LogP contribution >= 0.6 is 11.3 Å². The fourth-order valence-corrected chi connectivity index (χ4v) is 3.25. The summed E-state index contributed by atoms with van der Waals surface area (Å²) in [4.78, 5) is 26.5. The van der Waals surface area contributed by atoms with Crippen LogP contribution in [0.1, 0.15) is 43.0 Å². The van der Waals surface area contributed by atoms with E-state index in [1.54, 1.807) is 0 Å². The van der Waals surface area contributed by atoms with Gasteiger partial charge in [0.2, 0.25) is 5.01 Å². The molecular formula is C17H15F4N7O2S. The van der Waals surface area contributed by atoms with Crippen LogP contribution in [0.2, 0.25) is 0 Å². The zero-order valence-electron chi connectivity index (χ0n) is 15.7. The first-order valence-electron chi connectivity index (χ1n) is 8.86. The Kier molecular flexibility index (Phi) is 6.99. The lowest BCUT2D eigenvalue weighted by atomic mass is 10.2. The molecule has 1 N–H and O–H groups in total. The smallest absolute Gasteiger partial charge is 0.344 e. The summed E-state index contributed by atoms with van der Waals surface area (Å²) >= 11 is 0.957. The highest BCUT2D eigenvalue weighted by molar-refractivity contribution is 7.13. The molecule has 31 heavy (non-hydrogen) atoms. The van der Waals surface area contributed by atoms with Crippen LogP contribution in [0.5, 0.6) is 0 Å². The normalized spacial score (nSPS) is 12.5. The van der Waals surface area contributed by atoms with Gasteiger partial charge in [-0.2, -0.15) is 13.2 Å². The third-order valence-corrected chi connectivity index (χ3v) is 4.95. The number of aldehydes is 1. The molecule has 0 saturated carbocycles. The molecule has 1 atom stereocenters. The molecule has 0 aliphatic carbocycles. The summed E-state index contributed by atoms with van der Waals surface area (Å²) in [7, 11) is 0. The van der Waals surface area contributed by atoms with Crippen LogP contribution in [0.3, 0.4) is 0 Å². The molecule has 14 heteroatoms. The summed E-state index contributed by atoms with van der Waals surface area (Å²) < 4.78 is 53.5. The van der Waals surface area contributed by atoms with Gasteiger partial charge in [-0.1, -0.05) is 16.6 Å². The van der Waals surface area contributed by atoms with Gasteiger partial charge in [0.1, 0.15) is 16.9 Å². The monoisotopic (exact) mass is 457 g/mol. The Morgan fingerprint density at radius 2 is 2.10 bits per heavy atom. The van der Waals surface area contributed by atoms with Gasteiger partial charge in [-0.05, 0) is 18.6 Å². The molecule has 9 nitrogen and oxygen atoms in total. The molecule has 1 amide bonds. The van der Waals surface area contributed by atoms with E-state index in [9.17, 15) is 27.2 Å². The minimum Gasteiger partial charge on any atom is -0.344 e. The van der Waals surface area contributed by atoms with Crippen LogP contribution < -0.4 is 5.32 Å². The minimum atomic E-state index is -4.51. The van der Waals surface area contributed by atoms with Crippen LogP contribution in [-0.2, 0) is 25.7 Å². The first-order chi connectivity index (χ1) is 14.7. The summed E-state index contributed by atoms with van der Waals surface area (Å²) in [6.07, 6.45) is -2.64. The zero-order valence-corrected chi connectivity index (χ0v) is 16.5. The highest BCUT2D eigenvalue weighted by Gasteiger charge is 2.30. The van der Waals surface area contributed by atoms with E-state index in [1.807, 2.05) is 0 Å². The Balaban J connectivity index is 1.48. The predicted molar refractivity (Wildman–Crippen MR) is 98.9 cm³/mol. The molecule has 0 spiro atoms. The lowest BCUT2D eigenvalue weighted by Crippen LogP contribution is -2.23. The number of nitrogens with one attached hydrogen (secondary N) is 1. The van der Waals surface area contributed by atoms with Gasteiger partial charge in [-0.15, -0.1) is 15.3 Å². The molecule has 0 radical (unpaired) electrons. The van der Waals surface area contributed by atoms with Crippen molar-refractivity contribution >= 4 is 23.5 Å². The molecule has 1 unspecified atom stereocenters. The quantitative estimate of drug-likeness (QED) is 0.387. The highest BCUT2D eigenvalue weighted by atomic mass is 32.1. The van der Waals surface area contributed by atoms with Gasteiger partial charge in [0.15, 0.2) is 6.29 Å². The Labute approximate surface area is 176 Å². The van der Waals surface area contributed by atoms with Crippen molar-refractivity contribution in [1.82, 2.24) is 35.5 Å². The molecule has 164 valence electrons. The van der Waals surface area contributed by atoms with Crippen molar-refractivity contribution in [3.63, 3.8) is 0 Å². The van der Waals surface area contributed by atoms with Gasteiger partial charge in [0.05, 0.1) is 30.5 Å². The van der Waals surface area contributed by atoms with Crippen LogP contribution in [-0.4, -0.2) is 48.5 Å². The van der Waals surface area contributed by atoms with Gasteiger partial charge < -0.3 is 5.32 Å². The number of hydrogen-bond acceptors (Lipinski definition) is 8. The van der Waals surface area contributed by atoms with Crippen LogP contribution in [0, 0.1) is 0 Å². The van der Waals surface area contributed by atoms with E-state index in [4.69, 9.17) is 0 Å². The van der Waals surface area contributed by atoms with E-state index in [-0.39, 0.29) is 42.3 Å². The van der Waals surface area contributed by atoms with Crippen molar-refractivity contribution in [2.45, 2.75) is 38.3 Å². The number of amides is 1. The van der Waals surface area contributed by atoms with Crippen molar-refractivity contribution in [3.8, 4) is 0 Å². The molecule has 3 heterocycles. The fourth-order valence-electron chi connectivity index (χ4n) is 2.47. The topological polar surface area (TPSA) is 116 Å². The first kappa shape index (κ1) is 22.4. The molecular weight excluding hydrogens is 442 g/mol. The predicted octanol–water partition coefficient (Wildman–Crippen LogP) is 2.26. The molecule has 0 aromatic carbocycles. The van der Waals surface area contributed by atoms with Gasteiger partial charge in [0, 0.05) is 12.6 Å². The number of carbonyl (C=O) groups excluding carboxylic acids is 2. The summed E-state index contributed by atoms with van der Waals surface area (Å²) in [5.41, 5.74) is -0.717. The van der Waals surface area contributed by atoms with Crippen molar-refractivity contribution in [2.24, 2.45) is 0 Å². The number of pyridine rings is 1. The number of aromatic nitrogens is 6. The van der Waals surface area contributed by atoms with E-state index in [1.165, 1.54) is 10.9 Å². The average molecular weight is 457 g/mol. The second-order valence-corrected chi connectivity index (χ2v) is 7.40. The summed E-state index contributed by atoms with van der Waals surface area (Å²) in [6, 6.07) is 1.69. The number of hydrogen-bond donors (Lipinski definition) is 1. The largest absolute Gasteiger partial charge is 0.416 e. The third kappa shape index (κ3) is 6.34. The maximum Gasteiger partial charge on any atom is 0.416 e. The molecule has 3 aromatic heterocycles. The Morgan fingerprint density at radius 1 is 1.29 bits per heavy atom. The van der Waals surface area contributed by atoms with E-state index >= 15 is 0 Å². The van der Waals surface area contributed by atoms with Gasteiger partial charge in [-0.25, -0.2) is 9.07 Å². The van der Waals surface area contributed by atoms with Crippen molar-refractivity contribution < 1.29 is 27.2 Å². The van der Waals surface area contributed by atoms with E-state index < -0.39 is 23.8 Å². The lowest BCUT2D eigenvalue weighted by Gasteiger charge is -2.08. The molecule has 0 bridgehead atoms. The maximum atomic E-state index is 14.1. The van der Waals surface area contributed by atoms with E-state index in [0.717, 1.165) is 29.7 Å². The molecule has 0 aliphatic rings. The second kappa shape index (κ2) is 9.68. The molecule has 3 rings (SSSR count). The summed E-state index contributed by atoms with van der Waals surface area (Å²) in [5.74, 6) is -0.622. The summed E-state index contributed by atoms with van der Waals surface area (Å²) in [5, 5.41) is 17.6. The molecule has 0 fully saturated rings. The first-order valence-corrected chi connectivity index (χ1v) is 9.68. The number of aryl methyl sites for hydroxylation is 1. The SMILES string of the molecule is O=Cc1cn(CC(F)CCc2nnc(C(=O)NCc3cc(C(F)(F)F)ccn3)s2)nn1. The zero-order chi connectivity index (χ0) is 22.4. The number of carbonyl (C=O) groups is 2. The van der Waals surface area contributed by atoms with E-state index in [2.05, 4.69) is 30.8 Å². The number of alkyl halides is 4. The standard InChI is InChI=1S/C17H15F4N7O2S/c18-11(7-28-8-13(9-29)24-27-28)1-2-14-25-26-16(31-14)15(30)23-6-12-5-10(3-4-22-12)17(19,20)21/h3-5,8-9,11H,1-2,6-7H2,(H,23,30). The molecule has 0 saturated heterocycles. The van der Waals surface area contributed by atoms with E-state index in [0.29, 0.717) is 11.3 Å². The highest BCUT2D eigenvalue weighted by Crippen LogP contribution is 2.29. The van der Waals surface area contributed by atoms with Gasteiger partial charge >= 0.3 is 6.18 Å². The Morgan fingerprint density at radius 3 is 2.81 bits per heavy atom. The summed E-state index contributed by atoms with van der Waals surface area (Å²) in [6.45, 7) is -0.304. The third-order valence-electron chi connectivity index (χ3n) is 3.97. The number of halogens is 4. The Hall–Kier alpha value is -3.29. The number of nitrogens with zero attached hydrogens (tertiary/aromatic N) is 6. The van der Waals surface area contributed by atoms with Crippen LogP contribution in [0.15, 0.2) is 24.5 Å². The van der Waals surface area contributed by atoms with Gasteiger partial charge in [-0.3, -0.25) is 14.6 Å². The Bertz CT molecular complexity index is 1050. The molecule has 3 aromatic rings. The average Bonchev–Trinajstić information content (AvgIpc) is 3.39. The number of rotatable bonds is 9. The van der Waals surface area contributed by atoms with Crippen molar-refractivity contribution in [2.75, 3.05) is 0 Å². The van der Waals surface area contributed by atoms with Gasteiger partial charge in [0.25, 0.3) is 5.91 Å². The van der Waals surface area contributed by atoms with Crippen LogP contribution in [0.25, 0.3) is 0 Å². The lowest BCUT2D eigenvalue weighted by molar-refractivity contribution is -0.137.